The molecule has 0 aliphatic rings. The topological polar surface area (TPSA) is 3.24 Å². The Morgan fingerprint density at radius 2 is 0.770 bits per heavy atom. The van der Waals surface area contributed by atoms with E-state index in [0.717, 1.165) is 17.1 Å². The Morgan fingerprint density at radius 1 is 0.279 bits per heavy atom. The summed E-state index contributed by atoms with van der Waals surface area (Å²) >= 11 is 3.74. The molecular formula is C58H37NS2. The lowest BCUT2D eigenvalue weighted by atomic mass is 9.97. The fourth-order valence-electron chi connectivity index (χ4n) is 9.07. The standard InChI is InChI=1S/C58H37NS2/c1-2-11-42-37-45(23-22-38(42)10-1)44-13-7-12-43(36-44)39-24-30-46(31-25-39)59(47-32-26-40(27-33-47)49-16-9-21-56-57(49)53-15-4-6-20-55(53)60-56)48-34-28-41(29-35-48)50-17-8-18-52-51-14-3-5-19-54(51)61-58(50)52/h1-37H. The lowest BCUT2D eigenvalue weighted by Gasteiger charge is -2.26. The van der Waals surface area contributed by atoms with Crippen molar-refractivity contribution in [2.24, 2.45) is 0 Å². The van der Waals surface area contributed by atoms with Gasteiger partial charge in [0.1, 0.15) is 0 Å². The maximum absolute atomic E-state index is 2.38. The molecule has 286 valence electrons. The van der Waals surface area contributed by atoms with Crippen LogP contribution in [0.1, 0.15) is 0 Å². The van der Waals surface area contributed by atoms with Gasteiger partial charge in [-0.05, 0) is 122 Å². The van der Waals surface area contributed by atoms with E-state index in [-0.39, 0.29) is 0 Å². The number of fused-ring (bicyclic) bond motifs is 7. The van der Waals surface area contributed by atoms with Gasteiger partial charge in [-0.25, -0.2) is 0 Å². The molecule has 0 saturated carbocycles. The van der Waals surface area contributed by atoms with Crippen LogP contribution in [0.25, 0.3) is 95.6 Å². The molecule has 12 aromatic rings. The maximum atomic E-state index is 2.38. The van der Waals surface area contributed by atoms with Gasteiger partial charge in [-0.2, -0.15) is 0 Å². The summed E-state index contributed by atoms with van der Waals surface area (Å²) in [4.78, 5) is 2.38. The highest BCUT2D eigenvalue weighted by atomic mass is 32.1. The smallest absolute Gasteiger partial charge is 0.0462 e. The molecule has 12 rings (SSSR count). The van der Waals surface area contributed by atoms with Crippen molar-refractivity contribution in [2.45, 2.75) is 0 Å². The molecule has 0 fully saturated rings. The highest BCUT2D eigenvalue weighted by Crippen LogP contribution is 2.44. The first kappa shape index (κ1) is 35.6. The highest BCUT2D eigenvalue weighted by molar-refractivity contribution is 7.26. The van der Waals surface area contributed by atoms with E-state index in [2.05, 4.69) is 229 Å². The lowest BCUT2D eigenvalue weighted by Crippen LogP contribution is -2.09. The molecule has 61 heavy (non-hydrogen) atoms. The zero-order chi connectivity index (χ0) is 40.3. The lowest BCUT2D eigenvalue weighted by molar-refractivity contribution is 1.28. The second-order valence-corrected chi connectivity index (χ2v) is 17.8. The van der Waals surface area contributed by atoms with E-state index in [4.69, 9.17) is 0 Å². The number of nitrogens with zero attached hydrogens (tertiary/aromatic N) is 1. The number of anilines is 3. The van der Waals surface area contributed by atoms with Gasteiger partial charge in [0.15, 0.2) is 0 Å². The van der Waals surface area contributed by atoms with Crippen LogP contribution in [0.5, 0.6) is 0 Å². The van der Waals surface area contributed by atoms with Crippen molar-refractivity contribution in [2.75, 3.05) is 4.90 Å². The van der Waals surface area contributed by atoms with Crippen LogP contribution >= 0.6 is 22.7 Å². The number of hydrogen-bond acceptors (Lipinski definition) is 3. The van der Waals surface area contributed by atoms with Gasteiger partial charge in [-0.1, -0.05) is 158 Å². The Balaban J connectivity index is 0.929. The largest absolute Gasteiger partial charge is 0.311 e. The Morgan fingerprint density at radius 3 is 1.51 bits per heavy atom. The number of hydrogen-bond donors (Lipinski definition) is 0. The average Bonchev–Trinajstić information content (AvgIpc) is 3.91. The highest BCUT2D eigenvalue weighted by Gasteiger charge is 2.17. The zero-order valence-corrected chi connectivity index (χ0v) is 34.8. The molecular weight excluding hydrogens is 775 g/mol. The van der Waals surface area contributed by atoms with Crippen molar-refractivity contribution in [1.29, 1.82) is 0 Å². The van der Waals surface area contributed by atoms with Crippen molar-refractivity contribution in [3.05, 3.63) is 224 Å². The molecule has 2 heterocycles. The van der Waals surface area contributed by atoms with Crippen molar-refractivity contribution < 1.29 is 0 Å². The van der Waals surface area contributed by atoms with Gasteiger partial charge in [0.25, 0.3) is 0 Å². The fraction of sp³-hybridized carbons (Fsp3) is 0. The summed E-state index contributed by atoms with van der Waals surface area (Å²) in [5, 5.41) is 7.80. The molecule has 0 radical (unpaired) electrons. The third-order valence-corrected chi connectivity index (χ3v) is 14.4. The Labute approximate surface area is 362 Å². The van der Waals surface area contributed by atoms with Crippen LogP contribution in [-0.2, 0) is 0 Å². The van der Waals surface area contributed by atoms with Crippen LogP contribution in [0.15, 0.2) is 224 Å². The van der Waals surface area contributed by atoms with Crippen LogP contribution in [0.2, 0.25) is 0 Å². The first-order valence-corrected chi connectivity index (χ1v) is 22.4. The molecule has 3 heteroatoms. The van der Waals surface area contributed by atoms with Crippen molar-refractivity contribution in [1.82, 2.24) is 0 Å². The molecule has 1 nitrogen and oxygen atoms in total. The fourth-order valence-corrected chi connectivity index (χ4v) is 11.4. The van der Waals surface area contributed by atoms with Gasteiger partial charge < -0.3 is 4.90 Å². The molecule has 2 aromatic heterocycles. The zero-order valence-electron chi connectivity index (χ0n) is 33.1. The first-order valence-electron chi connectivity index (χ1n) is 20.7. The molecule has 10 aromatic carbocycles. The predicted molar refractivity (Wildman–Crippen MR) is 266 cm³/mol. The van der Waals surface area contributed by atoms with Crippen molar-refractivity contribution in [3.63, 3.8) is 0 Å². The SMILES string of the molecule is c1cc(-c2ccc(N(c3ccc(-c4cccc5c4sc4ccccc45)cc3)c3ccc(-c4cccc5sc6ccccc6c45)cc3)cc2)cc(-c2ccc3ccccc3c2)c1. The minimum absolute atomic E-state index is 1.10. The van der Waals surface area contributed by atoms with E-state index < -0.39 is 0 Å². The van der Waals surface area contributed by atoms with E-state index in [1.54, 1.807) is 0 Å². The maximum Gasteiger partial charge on any atom is 0.0462 e. The molecule has 0 aliphatic carbocycles. The molecule has 0 aliphatic heterocycles. The Kier molecular flexibility index (Phi) is 8.62. The van der Waals surface area contributed by atoms with E-state index in [9.17, 15) is 0 Å². The van der Waals surface area contributed by atoms with Crippen molar-refractivity contribution >= 4 is 90.9 Å². The summed E-state index contributed by atoms with van der Waals surface area (Å²) in [7, 11) is 0. The van der Waals surface area contributed by atoms with Crippen LogP contribution < -0.4 is 4.90 Å². The molecule has 0 unspecified atom stereocenters. The van der Waals surface area contributed by atoms with Gasteiger partial charge in [-0.3, -0.25) is 0 Å². The summed E-state index contributed by atoms with van der Waals surface area (Å²) in [5.74, 6) is 0. The average molecular weight is 812 g/mol. The number of benzene rings is 10. The second kappa shape index (κ2) is 14.8. The Hall–Kier alpha value is -7.30. The summed E-state index contributed by atoms with van der Waals surface area (Å²) < 4.78 is 5.29. The minimum Gasteiger partial charge on any atom is -0.311 e. The van der Waals surface area contributed by atoms with Gasteiger partial charge in [-0.15, -0.1) is 22.7 Å². The number of rotatable bonds is 7. The van der Waals surface area contributed by atoms with E-state index >= 15 is 0 Å². The quantitative estimate of drug-likeness (QED) is 0.155. The van der Waals surface area contributed by atoms with E-state index in [0.29, 0.717) is 0 Å². The summed E-state index contributed by atoms with van der Waals surface area (Å²) in [6.07, 6.45) is 0. The first-order chi connectivity index (χ1) is 30.2. The van der Waals surface area contributed by atoms with Crippen molar-refractivity contribution in [3.8, 4) is 44.5 Å². The monoisotopic (exact) mass is 811 g/mol. The van der Waals surface area contributed by atoms with Gasteiger partial charge in [0.05, 0.1) is 0 Å². The molecule has 0 saturated heterocycles. The minimum atomic E-state index is 1.10. The third-order valence-electron chi connectivity index (χ3n) is 12.1. The van der Waals surface area contributed by atoms with Crippen LogP contribution in [0.3, 0.4) is 0 Å². The van der Waals surface area contributed by atoms with E-state index in [1.807, 2.05) is 22.7 Å². The van der Waals surface area contributed by atoms with Gasteiger partial charge in [0, 0.05) is 57.4 Å². The number of thiophene rings is 2. The normalized spacial score (nSPS) is 11.6. The van der Waals surface area contributed by atoms with Gasteiger partial charge in [0.2, 0.25) is 0 Å². The third kappa shape index (κ3) is 6.29. The molecule has 0 spiro atoms. The van der Waals surface area contributed by atoms with Gasteiger partial charge >= 0.3 is 0 Å². The Bertz CT molecular complexity index is 3580. The second-order valence-electron chi connectivity index (χ2n) is 15.7. The molecule has 0 amide bonds. The summed E-state index contributed by atoms with van der Waals surface area (Å²) in [5.41, 5.74) is 13.1. The van der Waals surface area contributed by atoms with Crippen LogP contribution in [0, 0.1) is 0 Å². The van der Waals surface area contributed by atoms with E-state index in [1.165, 1.54) is 95.6 Å². The molecule has 0 atom stereocenters. The summed E-state index contributed by atoms with van der Waals surface area (Å²) in [6, 6.07) is 82.3. The van der Waals surface area contributed by atoms with Crippen LogP contribution in [0.4, 0.5) is 17.1 Å². The molecule has 0 N–H and O–H groups in total. The summed E-state index contributed by atoms with van der Waals surface area (Å²) in [6.45, 7) is 0. The molecule has 0 bridgehead atoms. The van der Waals surface area contributed by atoms with Crippen LogP contribution in [-0.4, -0.2) is 0 Å². The predicted octanol–water partition coefficient (Wildman–Crippen LogP) is 17.7.